The van der Waals surface area contributed by atoms with E-state index in [-0.39, 0.29) is 17.7 Å². The molecule has 3 heteroatoms. The Bertz CT molecular complexity index is 193. The fourth-order valence-corrected chi connectivity index (χ4v) is 1.23. The third-order valence-corrected chi connectivity index (χ3v) is 2.81. The second-order valence-electron chi connectivity index (χ2n) is 4.44. The maximum atomic E-state index is 11.7. The lowest BCUT2D eigenvalue weighted by Gasteiger charge is -2.27. The number of carbonyl (C=O) groups excluding carboxylic acids is 1. The van der Waals surface area contributed by atoms with Crippen molar-refractivity contribution < 1.29 is 14.3 Å². The van der Waals surface area contributed by atoms with Gasteiger partial charge < -0.3 is 9.47 Å². The summed E-state index contributed by atoms with van der Waals surface area (Å²) in [6.45, 7) is 6.50. The highest BCUT2D eigenvalue weighted by Gasteiger charge is 2.30. The zero-order valence-corrected chi connectivity index (χ0v) is 9.34. The number of rotatable bonds is 3. The minimum absolute atomic E-state index is 0.146. The van der Waals surface area contributed by atoms with E-state index in [1.165, 1.54) is 0 Å². The zero-order valence-electron chi connectivity index (χ0n) is 9.34. The summed E-state index contributed by atoms with van der Waals surface area (Å²) in [4.78, 5) is 11.7. The number of hydrogen-bond acceptors (Lipinski definition) is 3. The molecule has 0 saturated carbocycles. The lowest BCUT2D eigenvalue weighted by atomic mass is 9.91. The van der Waals surface area contributed by atoms with Crippen molar-refractivity contribution in [1.29, 1.82) is 0 Å². The van der Waals surface area contributed by atoms with Crippen molar-refractivity contribution in [2.75, 3.05) is 6.61 Å². The molecule has 0 aliphatic carbocycles. The number of hydrogen-bond donors (Lipinski definition) is 0. The summed E-state index contributed by atoms with van der Waals surface area (Å²) in [6, 6.07) is 0. The topological polar surface area (TPSA) is 35.5 Å². The Labute approximate surface area is 85.8 Å². The third-order valence-electron chi connectivity index (χ3n) is 2.81. The first-order valence-electron chi connectivity index (χ1n) is 5.39. The first-order chi connectivity index (χ1) is 6.56. The Hall–Kier alpha value is -0.570. The van der Waals surface area contributed by atoms with Crippen LogP contribution in [0.15, 0.2) is 0 Å². The predicted octanol–water partition coefficient (Wildman–Crippen LogP) is 2.49. The fraction of sp³-hybridized carbons (Fsp3) is 0.909. The molecule has 0 spiro atoms. The van der Waals surface area contributed by atoms with Crippen LogP contribution in [-0.2, 0) is 14.3 Å². The number of esters is 1. The third kappa shape index (κ3) is 2.98. The Kier molecular flexibility index (Phi) is 3.93. The lowest BCUT2D eigenvalue weighted by Crippen LogP contribution is -2.32. The molecule has 0 bridgehead atoms. The normalized spacial score (nSPS) is 23.2. The lowest BCUT2D eigenvalue weighted by molar-refractivity contribution is -0.196. The summed E-state index contributed by atoms with van der Waals surface area (Å²) in [6.07, 6.45) is 3.49. The van der Waals surface area contributed by atoms with Crippen LogP contribution in [0.4, 0.5) is 0 Å². The molecular weight excluding hydrogens is 180 g/mol. The average Bonchev–Trinajstić information content (AvgIpc) is 2.19. The molecule has 14 heavy (non-hydrogen) atoms. The largest absolute Gasteiger partial charge is 0.435 e. The van der Waals surface area contributed by atoms with Crippen LogP contribution in [0, 0.1) is 5.41 Å². The van der Waals surface area contributed by atoms with Gasteiger partial charge in [-0.2, -0.15) is 0 Å². The monoisotopic (exact) mass is 200 g/mol. The van der Waals surface area contributed by atoms with Gasteiger partial charge in [0.2, 0.25) is 6.29 Å². The van der Waals surface area contributed by atoms with Gasteiger partial charge in [-0.3, -0.25) is 4.79 Å². The van der Waals surface area contributed by atoms with Crippen LogP contribution < -0.4 is 0 Å². The molecule has 1 rings (SSSR count). The summed E-state index contributed by atoms with van der Waals surface area (Å²) in [5.41, 5.74) is -0.388. The van der Waals surface area contributed by atoms with Gasteiger partial charge in [0.15, 0.2) is 0 Å². The molecule has 1 saturated heterocycles. The van der Waals surface area contributed by atoms with Crippen molar-refractivity contribution >= 4 is 5.97 Å². The summed E-state index contributed by atoms with van der Waals surface area (Å²) in [5, 5.41) is 0. The SMILES string of the molecule is CCC(C)(C)C(=O)OC1CCCCO1. The molecule has 1 unspecified atom stereocenters. The van der Waals surface area contributed by atoms with Crippen LogP contribution in [0.5, 0.6) is 0 Å². The summed E-state index contributed by atoms with van der Waals surface area (Å²) >= 11 is 0. The highest BCUT2D eigenvalue weighted by molar-refractivity contribution is 5.75. The van der Waals surface area contributed by atoms with Gasteiger partial charge in [0.05, 0.1) is 12.0 Å². The standard InChI is InChI=1S/C11H20O3/c1-4-11(2,3)10(12)14-9-7-5-6-8-13-9/h9H,4-8H2,1-3H3. The van der Waals surface area contributed by atoms with Crippen LogP contribution in [0.3, 0.4) is 0 Å². The van der Waals surface area contributed by atoms with Crippen LogP contribution in [0.25, 0.3) is 0 Å². The molecule has 1 fully saturated rings. The minimum Gasteiger partial charge on any atom is -0.435 e. The van der Waals surface area contributed by atoms with Crippen LogP contribution in [-0.4, -0.2) is 18.9 Å². The van der Waals surface area contributed by atoms with Gasteiger partial charge in [-0.1, -0.05) is 6.92 Å². The fourth-order valence-electron chi connectivity index (χ4n) is 1.23. The second-order valence-corrected chi connectivity index (χ2v) is 4.44. The highest BCUT2D eigenvalue weighted by atomic mass is 16.7. The molecule has 0 aromatic heterocycles. The maximum absolute atomic E-state index is 11.7. The van der Waals surface area contributed by atoms with E-state index in [1.54, 1.807) is 0 Å². The van der Waals surface area contributed by atoms with E-state index in [1.807, 2.05) is 20.8 Å². The summed E-state index contributed by atoms with van der Waals surface area (Å²) < 4.78 is 10.6. The highest BCUT2D eigenvalue weighted by Crippen LogP contribution is 2.24. The maximum Gasteiger partial charge on any atom is 0.313 e. The molecule has 1 heterocycles. The Morgan fingerprint density at radius 2 is 2.21 bits per heavy atom. The Balaban J connectivity index is 2.39. The molecule has 82 valence electrons. The van der Waals surface area contributed by atoms with E-state index in [2.05, 4.69) is 0 Å². The first-order valence-corrected chi connectivity index (χ1v) is 5.39. The van der Waals surface area contributed by atoms with Gasteiger partial charge in [0.25, 0.3) is 0 Å². The Morgan fingerprint density at radius 1 is 1.50 bits per heavy atom. The first kappa shape index (κ1) is 11.5. The van der Waals surface area contributed by atoms with Gasteiger partial charge in [0.1, 0.15) is 0 Å². The average molecular weight is 200 g/mol. The molecule has 0 aromatic rings. The molecule has 1 atom stereocenters. The van der Waals surface area contributed by atoms with E-state index >= 15 is 0 Å². The van der Waals surface area contributed by atoms with E-state index < -0.39 is 0 Å². The Morgan fingerprint density at radius 3 is 2.71 bits per heavy atom. The predicted molar refractivity (Wildman–Crippen MR) is 53.8 cm³/mol. The molecule has 3 nitrogen and oxygen atoms in total. The number of carbonyl (C=O) groups is 1. The quantitative estimate of drug-likeness (QED) is 0.656. The smallest absolute Gasteiger partial charge is 0.313 e. The molecule has 1 aliphatic rings. The molecule has 0 aromatic carbocycles. The molecule has 1 aliphatic heterocycles. The zero-order chi connectivity index (χ0) is 10.6. The van der Waals surface area contributed by atoms with Crippen molar-refractivity contribution in [1.82, 2.24) is 0 Å². The van der Waals surface area contributed by atoms with E-state index in [9.17, 15) is 4.79 Å². The van der Waals surface area contributed by atoms with Gasteiger partial charge in [-0.15, -0.1) is 0 Å². The molecular formula is C11H20O3. The van der Waals surface area contributed by atoms with Crippen molar-refractivity contribution in [3.63, 3.8) is 0 Å². The van der Waals surface area contributed by atoms with Crippen molar-refractivity contribution in [2.24, 2.45) is 5.41 Å². The van der Waals surface area contributed by atoms with E-state index in [0.29, 0.717) is 6.61 Å². The molecule has 0 N–H and O–H groups in total. The van der Waals surface area contributed by atoms with Crippen molar-refractivity contribution in [3.8, 4) is 0 Å². The van der Waals surface area contributed by atoms with Crippen molar-refractivity contribution in [2.45, 2.75) is 52.7 Å². The summed E-state index contributed by atoms with van der Waals surface area (Å²) in [7, 11) is 0. The van der Waals surface area contributed by atoms with Gasteiger partial charge in [-0.25, -0.2) is 0 Å². The van der Waals surface area contributed by atoms with Crippen LogP contribution in [0.1, 0.15) is 46.5 Å². The van der Waals surface area contributed by atoms with Crippen molar-refractivity contribution in [3.05, 3.63) is 0 Å². The van der Waals surface area contributed by atoms with Gasteiger partial charge in [-0.05, 0) is 33.1 Å². The van der Waals surface area contributed by atoms with Gasteiger partial charge >= 0.3 is 5.97 Å². The van der Waals surface area contributed by atoms with Crippen LogP contribution in [0.2, 0.25) is 0 Å². The van der Waals surface area contributed by atoms with E-state index in [4.69, 9.17) is 9.47 Å². The second kappa shape index (κ2) is 4.78. The summed E-state index contributed by atoms with van der Waals surface area (Å²) in [5.74, 6) is -0.146. The van der Waals surface area contributed by atoms with E-state index in [0.717, 1.165) is 25.7 Å². The molecule has 0 amide bonds. The van der Waals surface area contributed by atoms with Gasteiger partial charge in [0, 0.05) is 6.42 Å². The minimum atomic E-state index is -0.388. The number of ether oxygens (including phenoxy) is 2. The molecule has 0 radical (unpaired) electrons. The van der Waals surface area contributed by atoms with Crippen LogP contribution >= 0.6 is 0 Å².